The van der Waals surface area contributed by atoms with Crippen molar-refractivity contribution in [2.45, 2.75) is 31.9 Å². The fourth-order valence-electron chi connectivity index (χ4n) is 3.54. The first-order chi connectivity index (χ1) is 10.8. The zero-order chi connectivity index (χ0) is 14.9. The third-order valence-electron chi connectivity index (χ3n) is 4.66. The number of aromatic amines is 1. The summed E-state index contributed by atoms with van der Waals surface area (Å²) in [5.74, 6) is 1.56. The van der Waals surface area contributed by atoms with Crippen molar-refractivity contribution < 1.29 is 9.53 Å². The van der Waals surface area contributed by atoms with Gasteiger partial charge in [-0.3, -0.25) is 9.89 Å². The Bertz CT molecular complexity index is 668. The predicted octanol–water partition coefficient (Wildman–Crippen LogP) is 2.61. The van der Waals surface area contributed by atoms with Crippen molar-refractivity contribution in [1.29, 1.82) is 0 Å². The number of hydrogen-bond acceptors (Lipinski definition) is 3. The number of ether oxygens (including phenoxy) is 1. The van der Waals surface area contributed by atoms with Crippen molar-refractivity contribution >= 4 is 5.91 Å². The minimum absolute atomic E-state index is 0.0504. The molecule has 1 amide bonds. The minimum atomic E-state index is 0.0504. The second kappa shape index (κ2) is 5.48. The van der Waals surface area contributed by atoms with Crippen LogP contribution in [0.15, 0.2) is 36.4 Å². The number of amides is 1. The summed E-state index contributed by atoms with van der Waals surface area (Å²) in [6.45, 7) is 1.28. The predicted molar refractivity (Wildman–Crippen MR) is 81.5 cm³/mol. The normalized spacial score (nSPS) is 23.0. The largest absolute Gasteiger partial charge is 0.487 e. The van der Waals surface area contributed by atoms with E-state index in [0.29, 0.717) is 24.3 Å². The van der Waals surface area contributed by atoms with Gasteiger partial charge < -0.3 is 9.64 Å². The van der Waals surface area contributed by atoms with Crippen LogP contribution in [0, 0.1) is 5.92 Å². The Kier molecular flexibility index (Phi) is 3.33. The molecule has 0 spiro atoms. The van der Waals surface area contributed by atoms with Crippen molar-refractivity contribution in [3.05, 3.63) is 47.8 Å². The molecule has 0 radical (unpaired) electrons. The lowest BCUT2D eigenvalue weighted by Crippen LogP contribution is -2.37. The van der Waals surface area contributed by atoms with E-state index in [1.54, 1.807) is 6.07 Å². The highest BCUT2D eigenvalue weighted by atomic mass is 16.5. The summed E-state index contributed by atoms with van der Waals surface area (Å²) in [6, 6.07) is 11.9. The summed E-state index contributed by atoms with van der Waals surface area (Å²) in [5, 5.41) is 7.06. The quantitative estimate of drug-likeness (QED) is 0.943. The standard InChI is InChI=1S/C17H19N3O2/c21-17(20-10-12-6-7-14(20)8-12)16-9-13(18-19-16)11-22-15-4-2-1-3-5-15/h1-5,9,12,14H,6-8,10-11H2,(H,18,19)/t12-,14-/m0/s1. The molecule has 2 atom stereocenters. The number of aromatic nitrogens is 2. The van der Waals surface area contributed by atoms with Gasteiger partial charge in [0.25, 0.3) is 5.91 Å². The van der Waals surface area contributed by atoms with Gasteiger partial charge in [-0.15, -0.1) is 0 Å². The molecule has 22 heavy (non-hydrogen) atoms. The van der Waals surface area contributed by atoms with Gasteiger partial charge in [0.2, 0.25) is 0 Å². The van der Waals surface area contributed by atoms with Crippen LogP contribution in [-0.4, -0.2) is 33.6 Å². The van der Waals surface area contributed by atoms with Crippen molar-refractivity contribution in [2.24, 2.45) is 5.92 Å². The molecule has 1 N–H and O–H groups in total. The van der Waals surface area contributed by atoms with E-state index in [2.05, 4.69) is 10.2 Å². The van der Waals surface area contributed by atoms with Crippen LogP contribution in [0.3, 0.4) is 0 Å². The molecule has 5 heteroatoms. The molecule has 2 bridgehead atoms. The molecule has 1 aromatic heterocycles. The van der Waals surface area contributed by atoms with E-state index in [1.807, 2.05) is 35.2 Å². The molecule has 1 aromatic carbocycles. The number of para-hydroxylation sites is 1. The molecule has 2 aliphatic rings. The molecular weight excluding hydrogens is 278 g/mol. The first-order valence-electron chi connectivity index (χ1n) is 7.82. The zero-order valence-electron chi connectivity index (χ0n) is 12.4. The van der Waals surface area contributed by atoms with Crippen LogP contribution in [0.25, 0.3) is 0 Å². The number of carbonyl (C=O) groups excluding carboxylic acids is 1. The van der Waals surface area contributed by atoms with Gasteiger partial charge in [0.15, 0.2) is 5.69 Å². The van der Waals surface area contributed by atoms with E-state index in [-0.39, 0.29) is 5.91 Å². The van der Waals surface area contributed by atoms with Gasteiger partial charge in [0.1, 0.15) is 12.4 Å². The Morgan fingerprint density at radius 3 is 2.91 bits per heavy atom. The maximum Gasteiger partial charge on any atom is 0.274 e. The molecule has 2 fully saturated rings. The monoisotopic (exact) mass is 297 g/mol. The van der Waals surface area contributed by atoms with Gasteiger partial charge in [-0.1, -0.05) is 18.2 Å². The molecule has 2 heterocycles. The van der Waals surface area contributed by atoms with E-state index < -0.39 is 0 Å². The van der Waals surface area contributed by atoms with Crippen LogP contribution in [0.1, 0.15) is 35.4 Å². The molecular formula is C17H19N3O2. The van der Waals surface area contributed by atoms with Crippen LogP contribution in [0.4, 0.5) is 0 Å². The molecule has 4 rings (SSSR count). The summed E-state index contributed by atoms with van der Waals surface area (Å²) in [6.07, 6.45) is 3.58. The lowest BCUT2D eigenvalue weighted by atomic mass is 10.1. The van der Waals surface area contributed by atoms with Crippen molar-refractivity contribution in [3.8, 4) is 5.75 Å². The Hall–Kier alpha value is -2.30. The maximum atomic E-state index is 12.5. The highest BCUT2D eigenvalue weighted by Crippen LogP contribution is 2.37. The number of H-pyrrole nitrogens is 1. The van der Waals surface area contributed by atoms with Crippen LogP contribution in [-0.2, 0) is 6.61 Å². The lowest BCUT2D eigenvalue weighted by molar-refractivity contribution is 0.0697. The highest BCUT2D eigenvalue weighted by molar-refractivity contribution is 5.92. The van der Waals surface area contributed by atoms with Crippen LogP contribution < -0.4 is 4.74 Å². The first-order valence-corrected chi connectivity index (χ1v) is 7.82. The third-order valence-corrected chi connectivity index (χ3v) is 4.66. The third kappa shape index (κ3) is 2.47. The number of nitrogens with zero attached hydrogens (tertiary/aromatic N) is 2. The summed E-state index contributed by atoms with van der Waals surface area (Å²) in [5.41, 5.74) is 1.32. The second-order valence-corrected chi connectivity index (χ2v) is 6.17. The number of carbonyl (C=O) groups is 1. The van der Waals surface area contributed by atoms with E-state index >= 15 is 0 Å². The average molecular weight is 297 g/mol. The number of piperidine rings is 1. The maximum absolute atomic E-state index is 12.5. The van der Waals surface area contributed by atoms with Crippen LogP contribution in [0.2, 0.25) is 0 Å². The van der Waals surface area contributed by atoms with Gasteiger partial charge in [-0.25, -0.2) is 0 Å². The van der Waals surface area contributed by atoms with E-state index in [0.717, 1.165) is 24.4 Å². The first kappa shape index (κ1) is 13.4. The number of likely N-dealkylation sites (tertiary alicyclic amines) is 1. The minimum Gasteiger partial charge on any atom is -0.487 e. The Balaban J connectivity index is 1.40. The highest BCUT2D eigenvalue weighted by Gasteiger charge is 2.40. The van der Waals surface area contributed by atoms with Crippen molar-refractivity contribution in [3.63, 3.8) is 0 Å². The molecule has 2 aromatic rings. The van der Waals surface area contributed by atoms with Gasteiger partial charge in [-0.2, -0.15) is 5.10 Å². The molecule has 5 nitrogen and oxygen atoms in total. The topological polar surface area (TPSA) is 58.2 Å². The Morgan fingerprint density at radius 1 is 1.32 bits per heavy atom. The lowest BCUT2D eigenvalue weighted by Gasteiger charge is -2.26. The Morgan fingerprint density at radius 2 is 2.18 bits per heavy atom. The van der Waals surface area contributed by atoms with E-state index in [4.69, 9.17) is 4.74 Å². The number of rotatable bonds is 4. The number of benzene rings is 1. The molecule has 1 aliphatic heterocycles. The Labute approximate surface area is 129 Å². The number of nitrogens with one attached hydrogen (secondary N) is 1. The number of hydrogen-bond donors (Lipinski definition) is 1. The molecule has 1 aliphatic carbocycles. The summed E-state index contributed by atoms with van der Waals surface area (Å²) in [4.78, 5) is 14.5. The van der Waals surface area contributed by atoms with Crippen LogP contribution >= 0.6 is 0 Å². The van der Waals surface area contributed by atoms with E-state index in [9.17, 15) is 4.79 Å². The van der Waals surface area contributed by atoms with Gasteiger partial charge in [-0.05, 0) is 43.4 Å². The molecule has 1 saturated heterocycles. The average Bonchev–Trinajstić information content (AvgIpc) is 3.29. The molecule has 1 saturated carbocycles. The SMILES string of the molecule is O=C(c1cc(COc2ccccc2)[nH]n1)N1C[C@H]2CC[C@H]1C2. The van der Waals surface area contributed by atoms with Crippen LogP contribution in [0.5, 0.6) is 5.75 Å². The number of fused-ring (bicyclic) bond motifs is 2. The second-order valence-electron chi connectivity index (χ2n) is 6.17. The summed E-state index contributed by atoms with van der Waals surface area (Å²) >= 11 is 0. The smallest absolute Gasteiger partial charge is 0.274 e. The van der Waals surface area contributed by atoms with Crippen molar-refractivity contribution in [2.75, 3.05) is 6.54 Å². The zero-order valence-corrected chi connectivity index (χ0v) is 12.4. The van der Waals surface area contributed by atoms with E-state index in [1.165, 1.54) is 12.8 Å². The fourth-order valence-corrected chi connectivity index (χ4v) is 3.54. The summed E-state index contributed by atoms with van der Waals surface area (Å²) < 4.78 is 5.66. The fraction of sp³-hybridized carbons (Fsp3) is 0.412. The summed E-state index contributed by atoms with van der Waals surface area (Å²) in [7, 11) is 0. The molecule has 114 valence electrons. The van der Waals surface area contributed by atoms with Crippen molar-refractivity contribution in [1.82, 2.24) is 15.1 Å². The van der Waals surface area contributed by atoms with Gasteiger partial charge in [0.05, 0.1) is 5.69 Å². The molecule has 0 unspecified atom stereocenters. The van der Waals surface area contributed by atoms with Gasteiger partial charge in [0, 0.05) is 12.6 Å². The van der Waals surface area contributed by atoms with Gasteiger partial charge >= 0.3 is 0 Å².